The molecule has 0 N–H and O–H groups in total. The number of hydrogen-bond donors (Lipinski definition) is 0. The molecule has 1 aromatic carbocycles. The van der Waals surface area contributed by atoms with E-state index in [1.807, 2.05) is 24.3 Å². The van der Waals surface area contributed by atoms with Crippen LogP contribution in [0.25, 0.3) is 0 Å². The zero-order chi connectivity index (χ0) is 17.2. The summed E-state index contributed by atoms with van der Waals surface area (Å²) in [5.74, 6) is 1.25. The van der Waals surface area contributed by atoms with Crippen LogP contribution >= 0.6 is 0 Å². The number of ether oxygens (including phenoxy) is 1. The van der Waals surface area contributed by atoms with Crippen molar-refractivity contribution in [2.75, 3.05) is 13.7 Å². The lowest BCUT2D eigenvalue weighted by Gasteiger charge is -2.25. The average molecular weight is 339 g/mol. The number of imidazole rings is 1. The third kappa shape index (κ3) is 3.90. The molecule has 4 nitrogen and oxygen atoms in total. The third-order valence-electron chi connectivity index (χ3n) is 4.36. The molecule has 1 aromatic heterocycles. The van der Waals surface area contributed by atoms with Gasteiger partial charge in [0.1, 0.15) is 18.1 Å². The summed E-state index contributed by atoms with van der Waals surface area (Å²) in [6.45, 7) is 0.277. The SMILES string of the molecule is COc1ccc([C@H]2CCCN2Cc2nccn2CC(F)(F)F)cc1. The van der Waals surface area contributed by atoms with Crippen LogP contribution in [0.2, 0.25) is 0 Å². The number of aromatic nitrogens is 2. The molecule has 0 spiro atoms. The van der Waals surface area contributed by atoms with Gasteiger partial charge in [-0.1, -0.05) is 12.1 Å². The molecule has 1 saturated heterocycles. The zero-order valence-electron chi connectivity index (χ0n) is 13.5. The molecule has 1 fully saturated rings. The molecular formula is C17H20F3N3O. The Hall–Kier alpha value is -2.02. The number of rotatable bonds is 5. The number of nitrogens with zero attached hydrogens (tertiary/aromatic N) is 3. The first kappa shape index (κ1) is 16.8. The van der Waals surface area contributed by atoms with Crippen molar-refractivity contribution >= 4 is 0 Å². The van der Waals surface area contributed by atoms with Crippen molar-refractivity contribution in [3.05, 3.63) is 48.0 Å². The molecule has 0 unspecified atom stereocenters. The van der Waals surface area contributed by atoms with Crippen LogP contribution in [0.3, 0.4) is 0 Å². The molecular weight excluding hydrogens is 319 g/mol. The lowest BCUT2D eigenvalue weighted by molar-refractivity contribution is -0.141. The monoisotopic (exact) mass is 339 g/mol. The van der Waals surface area contributed by atoms with Gasteiger partial charge in [0.15, 0.2) is 0 Å². The Morgan fingerprint density at radius 3 is 2.67 bits per heavy atom. The van der Waals surface area contributed by atoms with Crippen molar-refractivity contribution in [1.82, 2.24) is 14.5 Å². The maximum atomic E-state index is 12.7. The molecule has 2 heterocycles. The smallest absolute Gasteiger partial charge is 0.406 e. The second kappa shape index (κ2) is 6.84. The minimum atomic E-state index is -4.24. The summed E-state index contributed by atoms with van der Waals surface area (Å²) in [6, 6.07) is 8.06. The number of halogens is 3. The van der Waals surface area contributed by atoms with E-state index in [0.29, 0.717) is 12.4 Å². The molecule has 0 aliphatic carbocycles. The third-order valence-corrected chi connectivity index (χ3v) is 4.36. The van der Waals surface area contributed by atoms with Crippen molar-refractivity contribution in [3.63, 3.8) is 0 Å². The maximum Gasteiger partial charge on any atom is 0.406 e. The number of likely N-dealkylation sites (tertiary alicyclic amines) is 1. The van der Waals surface area contributed by atoms with E-state index in [2.05, 4.69) is 9.88 Å². The molecule has 24 heavy (non-hydrogen) atoms. The molecule has 3 rings (SSSR count). The van der Waals surface area contributed by atoms with Gasteiger partial charge in [-0.15, -0.1) is 0 Å². The molecule has 1 aliphatic heterocycles. The van der Waals surface area contributed by atoms with Crippen LogP contribution in [0, 0.1) is 0 Å². The van der Waals surface area contributed by atoms with Crippen LogP contribution in [0.15, 0.2) is 36.7 Å². The first-order valence-electron chi connectivity index (χ1n) is 7.91. The molecule has 1 atom stereocenters. The Morgan fingerprint density at radius 1 is 1.25 bits per heavy atom. The van der Waals surface area contributed by atoms with E-state index in [-0.39, 0.29) is 6.04 Å². The Kier molecular flexibility index (Phi) is 4.80. The lowest BCUT2D eigenvalue weighted by atomic mass is 10.0. The summed E-state index contributed by atoms with van der Waals surface area (Å²) in [5, 5.41) is 0. The lowest BCUT2D eigenvalue weighted by Crippen LogP contribution is -2.26. The minimum Gasteiger partial charge on any atom is -0.497 e. The minimum absolute atomic E-state index is 0.201. The van der Waals surface area contributed by atoms with Gasteiger partial charge < -0.3 is 9.30 Å². The highest BCUT2D eigenvalue weighted by molar-refractivity contribution is 5.29. The summed E-state index contributed by atoms with van der Waals surface area (Å²) >= 11 is 0. The Bertz CT molecular complexity index is 666. The number of hydrogen-bond acceptors (Lipinski definition) is 3. The van der Waals surface area contributed by atoms with E-state index >= 15 is 0 Å². The second-order valence-electron chi connectivity index (χ2n) is 5.99. The first-order chi connectivity index (χ1) is 11.5. The van der Waals surface area contributed by atoms with Gasteiger partial charge in [-0.25, -0.2) is 4.98 Å². The van der Waals surface area contributed by atoms with Crippen LogP contribution in [-0.4, -0.2) is 34.3 Å². The zero-order valence-corrected chi connectivity index (χ0v) is 13.5. The largest absolute Gasteiger partial charge is 0.497 e. The molecule has 0 saturated carbocycles. The summed E-state index contributed by atoms with van der Waals surface area (Å²) in [6.07, 6.45) is 0.597. The fourth-order valence-corrected chi connectivity index (χ4v) is 3.23. The van der Waals surface area contributed by atoms with Crippen molar-refractivity contribution in [3.8, 4) is 5.75 Å². The van der Waals surface area contributed by atoms with E-state index in [0.717, 1.165) is 30.7 Å². The van der Waals surface area contributed by atoms with Gasteiger partial charge in [0, 0.05) is 18.4 Å². The molecule has 0 radical (unpaired) electrons. The van der Waals surface area contributed by atoms with Crippen LogP contribution in [-0.2, 0) is 13.1 Å². The average Bonchev–Trinajstić information content (AvgIpc) is 3.16. The van der Waals surface area contributed by atoms with Crippen molar-refractivity contribution in [1.29, 1.82) is 0 Å². The van der Waals surface area contributed by atoms with Crippen molar-refractivity contribution in [2.45, 2.75) is 38.1 Å². The topological polar surface area (TPSA) is 30.3 Å². The van der Waals surface area contributed by atoms with Gasteiger partial charge in [0.05, 0.1) is 13.7 Å². The molecule has 7 heteroatoms. The molecule has 0 amide bonds. The van der Waals surface area contributed by atoms with Gasteiger partial charge in [-0.2, -0.15) is 13.2 Å². The van der Waals surface area contributed by atoms with Crippen LogP contribution < -0.4 is 4.74 Å². The standard InChI is InChI=1S/C17H20F3N3O/c1-24-14-6-4-13(5-7-14)15-3-2-9-22(15)11-16-21-8-10-23(16)12-17(18,19)20/h4-8,10,15H,2-3,9,11-12H2,1H3/t15-/m1/s1. The van der Waals surface area contributed by atoms with Crippen LogP contribution in [0.1, 0.15) is 30.3 Å². The Balaban J connectivity index is 1.73. The normalized spacial score (nSPS) is 18.9. The van der Waals surface area contributed by atoms with Crippen LogP contribution in [0.4, 0.5) is 13.2 Å². The van der Waals surface area contributed by atoms with Gasteiger partial charge in [0.25, 0.3) is 0 Å². The second-order valence-corrected chi connectivity index (χ2v) is 5.99. The molecule has 130 valence electrons. The molecule has 2 aromatic rings. The number of methoxy groups -OCH3 is 1. The van der Waals surface area contributed by atoms with E-state index in [9.17, 15) is 13.2 Å². The van der Waals surface area contributed by atoms with Gasteiger partial charge in [-0.3, -0.25) is 4.90 Å². The quantitative estimate of drug-likeness (QED) is 0.830. The van der Waals surface area contributed by atoms with E-state index in [1.165, 1.54) is 17.0 Å². The maximum absolute atomic E-state index is 12.7. The van der Waals surface area contributed by atoms with E-state index in [4.69, 9.17) is 4.74 Å². The highest BCUT2D eigenvalue weighted by Crippen LogP contribution is 2.33. The first-order valence-corrected chi connectivity index (χ1v) is 7.91. The highest BCUT2D eigenvalue weighted by Gasteiger charge is 2.31. The summed E-state index contributed by atoms with van der Waals surface area (Å²) in [4.78, 5) is 6.31. The molecule has 0 bridgehead atoms. The molecule has 1 aliphatic rings. The van der Waals surface area contributed by atoms with E-state index < -0.39 is 12.7 Å². The van der Waals surface area contributed by atoms with Crippen LogP contribution in [0.5, 0.6) is 5.75 Å². The summed E-state index contributed by atoms with van der Waals surface area (Å²) < 4.78 is 44.3. The predicted octanol–water partition coefficient (Wildman–Crippen LogP) is 3.79. The Labute approximate surface area is 138 Å². The van der Waals surface area contributed by atoms with Gasteiger partial charge >= 0.3 is 6.18 Å². The fourth-order valence-electron chi connectivity index (χ4n) is 3.23. The van der Waals surface area contributed by atoms with Gasteiger partial charge in [0.2, 0.25) is 0 Å². The van der Waals surface area contributed by atoms with Crippen molar-refractivity contribution < 1.29 is 17.9 Å². The van der Waals surface area contributed by atoms with Crippen molar-refractivity contribution in [2.24, 2.45) is 0 Å². The fraction of sp³-hybridized carbons (Fsp3) is 0.471. The number of benzene rings is 1. The Morgan fingerprint density at radius 2 is 2.00 bits per heavy atom. The summed E-state index contributed by atoms with van der Waals surface area (Å²) in [7, 11) is 1.62. The predicted molar refractivity (Wildman–Crippen MR) is 83.7 cm³/mol. The number of alkyl halides is 3. The highest BCUT2D eigenvalue weighted by atomic mass is 19.4. The van der Waals surface area contributed by atoms with Gasteiger partial charge in [-0.05, 0) is 37.1 Å². The summed E-state index contributed by atoms with van der Waals surface area (Å²) in [5.41, 5.74) is 1.15. The van der Waals surface area contributed by atoms with E-state index in [1.54, 1.807) is 7.11 Å².